The second-order valence-corrected chi connectivity index (χ2v) is 6.84. The minimum Gasteiger partial charge on any atom is -0.340 e. The van der Waals surface area contributed by atoms with E-state index in [2.05, 4.69) is 44.5 Å². The number of fused-ring (bicyclic) bond motifs is 1. The molecule has 1 aromatic heterocycles. The Bertz CT molecular complexity index is 893. The molecule has 0 aliphatic carbocycles. The van der Waals surface area contributed by atoms with Crippen molar-refractivity contribution in [2.24, 2.45) is 0 Å². The number of aromatic nitrogens is 2. The highest BCUT2D eigenvalue weighted by Gasteiger charge is 2.18. The molecule has 0 bridgehead atoms. The van der Waals surface area contributed by atoms with Gasteiger partial charge >= 0.3 is 0 Å². The number of hydrogen-bond donors (Lipinski definition) is 1. The summed E-state index contributed by atoms with van der Waals surface area (Å²) < 4.78 is 0. The highest BCUT2D eigenvalue weighted by Crippen LogP contribution is 2.26. The Morgan fingerprint density at radius 3 is 2.52 bits per heavy atom. The van der Waals surface area contributed by atoms with Crippen LogP contribution >= 0.6 is 23.2 Å². The molecule has 4 nitrogen and oxygen atoms in total. The summed E-state index contributed by atoms with van der Waals surface area (Å²) >= 11 is 12.1. The van der Waals surface area contributed by atoms with E-state index in [9.17, 15) is 0 Å². The Morgan fingerprint density at radius 2 is 1.72 bits per heavy atom. The summed E-state index contributed by atoms with van der Waals surface area (Å²) in [6.07, 6.45) is 2.76. The Morgan fingerprint density at radius 1 is 0.960 bits per heavy atom. The molecule has 0 unspecified atom stereocenters. The van der Waals surface area contributed by atoms with E-state index in [4.69, 9.17) is 23.2 Å². The third-order valence-corrected chi connectivity index (χ3v) is 4.63. The average molecular weight is 371 g/mol. The number of nitrogens with one attached hydrogen (secondary N) is 1. The molecule has 1 N–H and O–H groups in total. The first-order valence-corrected chi connectivity index (χ1v) is 8.81. The van der Waals surface area contributed by atoms with Crippen LogP contribution in [0.1, 0.15) is 11.1 Å². The van der Waals surface area contributed by atoms with E-state index < -0.39 is 0 Å². The first kappa shape index (κ1) is 16.2. The van der Waals surface area contributed by atoms with Crippen molar-refractivity contribution >= 4 is 40.7 Å². The Labute approximate surface area is 156 Å². The van der Waals surface area contributed by atoms with E-state index >= 15 is 0 Å². The van der Waals surface area contributed by atoms with Gasteiger partial charge in [-0.1, -0.05) is 47.5 Å². The second-order valence-electron chi connectivity index (χ2n) is 5.97. The number of anilines is 3. The van der Waals surface area contributed by atoms with Crippen LogP contribution in [0.2, 0.25) is 10.0 Å². The Balaban J connectivity index is 1.56. The summed E-state index contributed by atoms with van der Waals surface area (Å²) in [5.41, 5.74) is 3.53. The fourth-order valence-electron chi connectivity index (χ4n) is 3.01. The van der Waals surface area contributed by atoms with Crippen molar-refractivity contribution in [1.29, 1.82) is 0 Å². The molecule has 0 saturated carbocycles. The van der Waals surface area contributed by atoms with Gasteiger partial charge in [0, 0.05) is 35.0 Å². The minimum atomic E-state index is 0.580. The number of halogens is 2. The van der Waals surface area contributed by atoms with Gasteiger partial charge in [0.05, 0.1) is 0 Å². The zero-order chi connectivity index (χ0) is 17.2. The molecule has 126 valence electrons. The number of hydrogen-bond acceptors (Lipinski definition) is 4. The van der Waals surface area contributed by atoms with Crippen LogP contribution in [-0.4, -0.2) is 16.5 Å². The monoisotopic (exact) mass is 370 g/mol. The lowest BCUT2D eigenvalue weighted by Gasteiger charge is -2.28. The molecule has 2 heterocycles. The number of benzene rings is 2. The third kappa shape index (κ3) is 3.70. The van der Waals surface area contributed by atoms with Crippen molar-refractivity contribution in [2.45, 2.75) is 13.0 Å². The van der Waals surface area contributed by atoms with Crippen LogP contribution in [0.3, 0.4) is 0 Å². The normalized spacial score (nSPS) is 13.4. The van der Waals surface area contributed by atoms with Crippen LogP contribution in [-0.2, 0) is 13.0 Å². The van der Waals surface area contributed by atoms with Gasteiger partial charge in [0.25, 0.3) is 0 Å². The van der Waals surface area contributed by atoms with Gasteiger partial charge in [0.15, 0.2) is 0 Å². The van der Waals surface area contributed by atoms with E-state index in [-0.39, 0.29) is 0 Å². The lowest BCUT2D eigenvalue weighted by atomic mass is 10.0. The van der Waals surface area contributed by atoms with Gasteiger partial charge in [-0.2, -0.15) is 4.98 Å². The standard InChI is InChI=1S/C19H16Cl2N4/c20-15-9-16(21)11-17(10-15)23-18-5-7-22-19(24-18)25-8-6-13-3-1-2-4-14(13)12-25/h1-5,7,9-11H,6,8,12H2,(H,22,23,24). The van der Waals surface area contributed by atoms with Gasteiger partial charge in [0.2, 0.25) is 5.95 Å². The maximum absolute atomic E-state index is 6.05. The van der Waals surface area contributed by atoms with E-state index in [0.29, 0.717) is 21.8 Å². The van der Waals surface area contributed by atoms with Crippen molar-refractivity contribution < 1.29 is 0 Å². The topological polar surface area (TPSA) is 41.1 Å². The van der Waals surface area contributed by atoms with Crippen LogP contribution in [0, 0.1) is 0 Å². The molecule has 6 heteroatoms. The summed E-state index contributed by atoms with van der Waals surface area (Å²) in [6, 6.07) is 15.7. The molecule has 0 fully saturated rings. The minimum absolute atomic E-state index is 0.580. The Kier molecular flexibility index (Phi) is 4.47. The number of nitrogens with zero attached hydrogens (tertiary/aromatic N) is 3. The summed E-state index contributed by atoms with van der Waals surface area (Å²) in [5, 5.41) is 4.40. The molecule has 0 atom stereocenters. The largest absolute Gasteiger partial charge is 0.340 e. The van der Waals surface area contributed by atoms with Crippen molar-refractivity contribution in [3.05, 3.63) is 75.9 Å². The third-order valence-electron chi connectivity index (χ3n) is 4.19. The fourth-order valence-corrected chi connectivity index (χ4v) is 3.54. The van der Waals surface area contributed by atoms with Gasteiger partial charge in [-0.25, -0.2) is 4.98 Å². The highest BCUT2D eigenvalue weighted by molar-refractivity contribution is 6.35. The molecular weight excluding hydrogens is 355 g/mol. The second kappa shape index (κ2) is 6.90. The molecule has 2 aromatic carbocycles. The summed E-state index contributed by atoms with van der Waals surface area (Å²) in [6.45, 7) is 1.73. The highest BCUT2D eigenvalue weighted by atomic mass is 35.5. The summed E-state index contributed by atoms with van der Waals surface area (Å²) in [5.74, 6) is 1.43. The van der Waals surface area contributed by atoms with Crippen molar-refractivity contribution in [3.8, 4) is 0 Å². The van der Waals surface area contributed by atoms with Crippen LogP contribution in [0.25, 0.3) is 0 Å². The van der Waals surface area contributed by atoms with Gasteiger partial charge < -0.3 is 10.2 Å². The lowest BCUT2D eigenvalue weighted by Crippen LogP contribution is -2.31. The van der Waals surface area contributed by atoms with Crippen LogP contribution in [0.5, 0.6) is 0 Å². The van der Waals surface area contributed by atoms with Crippen molar-refractivity contribution in [3.63, 3.8) is 0 Å². The van der Waals surface area contributed by atoms with E-state index in [0.717, 1.165) is 25.2 Å². The lowest BCUT2D eigenvalue weighted by molar-refractivity contribution is 0.708. The van der Waals surface area contributed by atoms with Crippen LogP contribution in [0.4, 0.5) is 17.5 Å². The summed E-state index contributed by atoms with van der Waals surface area (Å²) in [4.78, 5) is 11.3. The van der Waals surface area contributed by atoms with Gasteiger partial charge in [-0.05, 0) is 41.8 Å². The molecule has 1 aliphatic rings. The van der Waals surface area contributed by atoms with Crippen molar-refractivity contribution in [1.82, 2.24) is 9.97 Å². The zero-order valence-corrected chi connectivity index (χ0v) is 14.9. The molecule has 1 aliphatic heterocycles. The van der Waals surface area contributed by atoms with Crippen LogP contribution < -0.4 is 10.2 Å². The predicted molar refractivity (Wildman–Crippen MR) is 103 cm³/mol. The van der Waals surface area contributed by atoms with E-state index in [1.165, 1.54) is 11.1 Å². The van der Waals surface area contributed by atoms with Gasteiger partial charge in [-0.3, -0.25) is 0 Å². The average Bonchev–Trinajstić information content (AvgIpc) is 2.61. The quantitative estimate of drug-likeness (QED) is 0.696. The molecule has 0 spiro atoms. The molecule has 25 heavy (non-hydrogen) atoms. The zero-order valence-electron chi connectivity index (χ0n) is 13.4. The van der Waals surface area contributed by atoms with E-state index in [1.807, 2.05) is 18.2 Å². The molecule has 0 radical (unpaired) electrons. The van der Waals surface area contributed by atoms with Gasteiger partial charge in [0.1, 0.15) is 5.82 Å². The first-order valence-electron chi connectivity index (χ1n) is 8.05. The molecular formula is C19H16Cl2N4. The van der Waals surface area contributed by atoms with E-state index in [1.54, 1.807) is 12.3 Å². The summed E-state index contributed by atoms with van der Waals surface area (Å²) in [7, 11) is 0. The Hall–Kier alpha value is -2.30. The molecule has 0 amide bonds. The molecule has 4 rings (SSSR count). The maximum atomic E-state index is 6.05. The smallest absolute Gasteiger partial charge is 0.227 e. The van der Waals surface area contributed by atoms with Crippen molar-refractivity contribution in [2.75, 3.05) is 16.8 Å². The fraction of sp³-hybridized carbons (Fsp3) is 0.158. The first-order chi connectivity index (χ1) is 12.2. The maximum Gasteiger partial charge on any atom is 0.227 e. The van der Waals surface area contributed by atoms with Crippen LogP contribution in [0.15, 0.2) is 54.7 Å². The number of rotatable bonds is 3. The molecule has 3 aromatic rings. The predicted octanol–water partition coefficient (Wildman–Crippen LogP) is 5.09. The van der Waals surface area contributed by atoms with Gasteiger partial charge in [-0.15, -0.1) is 0 Å². The molecule has 0 saturated heterocycles. The SMILES string of the molecule is Clc1cc(Cl)cc(Nc2ccnc(N3CCc4ccccc4C3)n2)c1.